The molecule has 0 amide bonds. The molecule has 2 aliphatic carbocycles. The van der Waals surface area contributed by atoms with Gasteiger partial charge in [0, 0.05) is 12.7 Å². The molecule has 0 radical (unpaired) electrons. The normalized spacial score (nSPS) is 21.6. The van der Waals surface area contributed by atoms with Crippen LogP contribution in [0, 0.1) is 0 Å². The summed E-state index contributed by atoms with van der Waals surface area (Å²) in [5.41, 5.74) is 0.0891. The molecule has 0 aliphatic heterocycles. The highest BCUT2D eigenvalue weighted by Crippen LogP contribution is 2.34. The fourth-order valence-electron chi connectivity index (χ4n) is 3.18. The van der Waals surface area contributed by atoms with Crippen molar-refractivity contribution in [3.63, 3.8) is 0 Å². The SMILES string of the molecule is COC1(C(=O)c2cccc(OC3CC3)c2)CCCCCC1. The first kappa shape index (κ1) is 14.6. The monoisotopic (exact) mass is 288 g/mol. The first-order valence-corrected chi connectivity index (χ1v) is 8.10. The molecular formula is C18H24O3. The van der Waals surface area contributed by atoms with E-state index < -0.39 is 5.60 Å². The van der Waals surface area contributed by atoms with Gasteiger partial charge in [-0.2, -0.15) is 0 Å². The average molecular weight is 288 g/mol. The molecule has 3 heteroatoms. The summed E-state index contributed by atoms with van der Waals surface area (Å²) in [4.78, 5) is 13.0. The van der Waals surface area contributed by atoms with E-state index in [4.69, 9.17) is 9.47 Å². The van der Waals surface area contributed by atoms with E-state index in [2.05, 4.69) is 0 Å². The zero-order chi connectivity index (χ0) is 14.7. The number of ketones is 1. The summed E-state index contributed by atoms with van der Waals surface area (Å²) in [7, 11) is 1.67. The largest absolute Gasteiger partial charge is 0.490 e. The Hall–Kier alpha value is -1.35. The van der Waals surface area contributed by atoms with Gasteiger partial charge in [0.05, 0.1) is 6.10 Å². The number of benzene rings is 1. The second-order valence-electron chi connectivity index (χ2n) is 6.29. The quantitative estimate of drug-likeness (QED) is 0.603. The lowest BCUT2D eigenvalue weighted by atomic mass is 9.85. The number of carbonyl (C=O) groups excluding carboxylic acids is 1. The van der Waals surface area contributed by atoms with Crippen molar-refractivity contribution in [2.45, 2.75) is 63.1 Å². The summed E-state index contributed by atoms with van der Waals surface area (Å²) in [5, 5.41) is 0. The van der Waals surface area contributed by atoms with Crippen molar-refractivity contribution in [2.75, 3.05) is 7.11 Å². The number of Topliss-reactive ketones (excluding diaryl/α,β-unsaturated/α-hetero) is 1. The molecule has 0 saturated heterocycles. The fourth-order valence-corrected chi connectivity index (χ4v) is 3.18. The van der Waals surface area contributed by atoms with Gasteiger partial charge in [0.25, 0.3) is 0 Å². The Bertz CT molecular complexity index is 497. The lowest BCUT2D eigenvalue weighted by Crippen LogP contribution is -2.40. The third-order valence-electron chi connectivity index (χ3n) is 4.64. The van der Waals surface area contributed by atoms with Gasteiger partial charge in [-0.15, -0.1) is 0 Å². The second-order valence-corrected chi connectivity index (χ2v) is 6.29. The Morgan fingerprint density at radius 2 is 1.86 bits per heavy atom. The van der Waals surface area contributed by atoms with E-state index in [1.807, 2.05) is 24.3 Å². The molecule has 0 bridgehead atoms. The zero-order valence-electron chi connectivity index (χ0n) is 12.8. The lowest BCUT2D eigenvalue weighted by Gasteiger charge is -2.29. The Morgan fingerprint density at radius 3 is 2.48 bits per heavy atom. The summed E-state index contributed by atoms with van der Waals surface area (Å²) in [5.74, 6) is 0.927. The van der Waals surface area contributed by atoms with Crippen molar-refractivity contribution < 1.29 is 14.3 Å². The van der Waals surface area contributed by atoms with E-state index in [1.165, 1.54) is 12.8 Å². The maximum atomic E-state index is 13.0. The summed E-state index contributed by atoms with van der Waals surface area (Å²) in [6.07, 6.45) is 8.79. The van der Waals surface area contributed by atoms with Crippen LogP contribution >= 0.6 is 0 Å². The second kappa shape index (κ2) is 6.18. The van der Waals surface area contributed by atoms with Crippen molar-refractivity contribution in [3.05, 3.63) is 29.8 Å². The third kappa shape index (κ3) is 3.29. The number of methoxy groups -OCH3 is 1. The molecule has 2 aliphatic rings. The number of hydrogen-bond acceptors (Lipinski definition) is 3. The van der Waals surface area contributed by atoms with Crippen LogP contribution in [0.1, 0.15) is 61.7 Å². The van der Waals surface area contributed by atoms with Crippen LogP contribution < -0.4 is 4.74 Å². The molecule has 3 nitrogen and oxygen atoms in total. The molecule has 3 rings (SSSR count). The highest BCUT2D eigenvalue weighted by Gasteiger charge is 2.39. The van der Waals surface area contributed by atoms with Crippen LogP contribution in [0.5, 0.6) is 5.75 Å². The van der Waals surface area contributed by atoms with Crippen LogP contribution in [-0.2, 0) is 4.74 Å². The van der Waals surface area contributed by atoms with Crippen LogP contribution in [0.4, 0.5) is 0 Å². The molecule has 2 saturated carbocycles. The van der Waals surface area contributed by atoms with E-state index in [0.717, 1.165) is 49.8 Å². The van der Waals surface area contributed by atoms with Gasteiger partial charge in [-0.05, 0) is 37.8 Å². The zero-order valence-corrected chi connectivity index (χ0v) is 12.8. The van der Waals surface area contributed by atoms with Crippen molar-refractivity contribution in [1.82, 2.24) is 0 Å². The van der Waals surface area contributed by atoms with Crippen LogP contribution in [0.3, 0.4) is 0 Å². The minimum Gasteiger partial charge on any atom is -0.490 e. The summed E-state index contributed by atoms with van der Waals surface area (Å²) < 4.78 is 11.5. The number of carbonyl (C=O) groups is 1. The topological polar surface area (TPSA) is 35.5 Å². The fraction of sp³-hybridized carbons (Fsp3) is 0.611. The molecule has 21 heavy (non-hydrogen) atoms. The molecular weight excluding hydrogens is 264 g/mol. The van der Waals surface area contributed by atoms with Gasteiger partial charge in [-0.3, -0.25) is 4.79 Å². The first-order chi connectivity index (χ1) is 10.2. The summed E-state index contributed by atoms with van der Waals surface area (Å²) >= 11 is 0. The standard InChI is InChI=1S/C18H24O3/c1-20-18(11-4-2-3-5-12-18)17(19)14-7-6-8-16(13-14)21-15-9-10-15/h6-8,13,15H,2-5,9-12H2,1H3. The van der Waals surface area contributed by atoms with Crippen molar-refractivity contribution in [2.24, 2.45) is 0 Å². The van der Waals surface area contributed by atoms with Crippen LogP contribution in [0.25, 0.3) is 0 Å². The Labute approximate surface area is 126 Å². The molecule has 2 fully saturated rings. The van der Waals surface area contributed by atoms with Gasteiger partial charge in [0.2, 0.25) is 0 Å². The molecule has 0 heterocycles. The summed E-state index contributed by atoms with van der Waals surface area (Å²) in [6, 6.07) is 7.60. The predicted molar refractivity (Wildman–Crippen MR) is 81.9 cm³/mol. The van der Waals surface area contributed by atoms with Crippen LogP contribution in [0.15, 0.2) is 24.3 Å². The molecule has 0 N–H and O–H groups in total. The Kier molecular flexibility index (Phi) is 4.29. The third-order valence-corrected chi connectivity index (χ3v) is 4.64. The average Bonchev–Trinajstić information content (AvgIpc) is 3.33. The molecule has 114 valence electrons. The minimum atomic E-state index is -0.630. The number of ether oxygens (including phenoxy) is 2. The Morgan fingerprint density at radius 1 is 1.14 bits per heavy atom. The number of hydrogen-bond donors (Lipinski definition) is 0. The number of rotatable bonds is 5. The Balaban J connectivity index is 1.81. The molecule has 0 aromatic heterocycles. The van der Waals surface area contributed by atoms with Crippen LogP contribution in [-0.4, -0.2) is 24.6 Å². The maximum Gasteiger partial charge on any atom is 0.194 e. The van der Waals surface area contributed by atoms with Gasteiger partial charge in [0.1, 0.15) is 11.4 Å². The lowest BCUT2D eigenvalue weighted by molar-refractivity contribution is -0.00694. The molecule has 0 spiro atoms. The van der Waals surface area contributed by atoms with E-state index >= 15 is 0 Å². The molecule has 0 atom stereocenters. The molecule has 1 aromatic carbocycles. The van der Waals surface area contributed by atoms with Crippen molar-refractivity contribution in [1.29, 1.82) is 0 Å². The van der Waals surface area contributed by atoms with E-state index in [-0.39, 0.29) is 5.78 Å². The van der Waals surface area contributed by atoms with Gasteiger partial charge < -0.3 is 9.47 Å². The molecule has 0 unspecified atom stereocenters. The smallest absolute Gasteiger partial charge is 0.194 e. The van der Waals surface area contributed by atoms with E-state index in [1.54, 1.807) is 7.11 Å². The van der Waals surface area contributed by atoms with Crippen molar-refractivity contribution in [3.8, 4) is 5.75 Å². The highest BCUT2D eigenvalue weighted by molar-refractivity contribution is 6.02. The van der Waals surface area contributed by atoms with Crippen LogP contribution in [0.2, 0.25) is 0 Å². The maximum absolute atomic E-state index is 13.0. The van der Waals surface area contributed by atoms with Crippen molar-refractivity contribution >= 4 is 5.78 Å². The van der Waals surface area contributed by atoms with E-state index in [0.29, 0.717) is 6.10 Å². The molecule has 1 aromatic rings. The summed E-state index contributed by atoms with van der Waals surface area (Å²) in [6.45, 7) is 0. The van der Waals surface area contributed by atoms with E-state index in [9.17, 15) is 4.79 Å². The first-order valence-electron chi connectivity index (χ1n) is 8.10. The van der Waals surface area contributed by atoms with Gasteiger partial charge in [-0.25, -0.2) is 0 Å². The highest BCUT2D eigenvalue weighted by atomic mass is 16.5. The minimum absolute atomic E-state index is 0.119. The predicted octanol–water partition coefficient (Wildman–Crippen LogP) is 4.15. The van der Waals surface area contributed by atoms with Gasteiger partial charge >= 0.3 is 0 Å². The van der Waals surface area contributed by atoms with Gasteiger partial charge in [0.15, 0.2) is 5.78 Å². The van der Waals surface area contributed by atoms with Gasteiger partial charge in [-0.1, -0.05) is 37.8 Å².